The van der Waals surface area contributed by atoms with Gasteiger partial charge >= 0.3 is 0 Å². The molecule has 88 valence electrons. The van der Waals surface area contributed by atoms with Crippen molar-refractivity contribution in [1.82, 2.24) is 9.97 Å². The van der Waals surface area contributed by atoms with E-state index in [1.54, 1.807) is 6.07 Å². The van der Waals surface area contributed by atoms with E-state index in [4.69, 9.17) is 16.3 Å². The Kier molecular flexibility index (Phi) is 3.59. The zero-order chi connectivity index (χ0) is 12.3. The maximum atomic E-state index is 5.85. The van der Waals surface area contributed by atoms with Crippen LogP contribution in [0.25, 0.3) is 0 Å². The molecule has 4 heteroatoms. The van der Waals surface area contributed by atoms with Gasteiger partial charge in [-0.15, -0.1) is 0 Å². The summed E-state index contributed by atoms with van der Waals surface area (Å²) in [4.78, 5) is 8.34. The summed E-state index contributed by atoms with van der Waals surface area (Å²) in [5, 5.41) is 0.444. The van der Waals surface area contributed by atoms with Crippen LogP contribution in [0.1, 0.15) is 17.1 Å². The molecule has 0 saturated heterocycles. The van der Waals surface area contributed by atoms with E-state index in [0.29, 0.717) is 17.6 Å². The minimum atomic E-state index is 0.324. The number of benzene rings is 1. The third-order valence-corrected chi connectivity index (χ3v) is 2.45. The molecule has 0 radical (unpaired) electrons. The molecule has 0 N–H and O–H groups in total. The maximum absolute atomic E-state index is 5.85. The lowest BCUT2D eigenvalue weighted by atomic mass is 10.2. The maximum Gasteiger partial charge on any atom is 0.167 e. The van der Waals surface area contributed by atoms with E-state index in [1.165, 1.54) is 5.56 Å². The predicted octanol–water partition coefficient (Wildman–Crippen LogP) is 3.33. The smallest absolute Gasteiger partial charge is 0.167 e. The van der Waals surface area contributed by atoms with Crippen LogP contribution < -0.4 is 4.74 Å². The molecule has 1 aromatic carbocycles. The van der Waals surface area contributed by atoms with Crippen LogP contribution in [0.15, 0.2) is 30.3 Å². The zero-order valence-electron chi connectivity index (χ0n) is 9.77. The molecule has 2 rings (SSSR count). The van der Waals surface area contributed by atoms with Crippen LogP contribution >= 0.6 is 11.6 Å². The van der Waals surface area contributed by atoms with Gasteiger partial charge in [-0.3, -0.25) is 0 Å². The van der Waals surface area contributed by atoms with Gasteiger partial charge in [0.15, 0.2) is 5.82 Å². The van der Waals surface area contributed by atoms with Crippen LogP contribution in [0.4, 0.5) is 0 Å². The molecule has 0 aliphatic heterocycles. The molecule has 0 atom stereocenters. The van der Waals surface area contributed by atoms with Crippen molar-refractivity contribution in [1.29, 1.82) is 0 Å². The van der Waals surface area contributed by atoms with Gasteiger partial charge in [0.25, 0.3) is 0 Å². The molecule has 0 amide bonds. The first kappa shape index (κ1) is 11.9. The van der Waals surface area contributed by atoms with Gasteiger partial charge in [-0.05, 0) is 32.0 Å². The van der Waals surface area contributed by atoms with Crippen molar-refractivity contribution in [2.75, 3.05) is 0 Å². The summed E-state index contributed by atoms with van der Waals surface area (Å²) in [6, 6.07) is 9.56. The fraction of sp³-hybridized carbons (Fsp3) is 0.231. The Morgan fingerprint density at radius 1 is 1.12 bits per heavy atom. The van der Waals surface area contributed by atoms with Crippen molar-refractivity contribution in [2.45, 2.75) is 20.5 Å². The summed E-state index contributed by atoms with van der Waals surface area (Å²) >= 11 is 5.85. The van der Waals surface area contributed by atoms with E-state index in [-0.39, 0.29) is 0 Å². The average molecular weight is 249 g/mol. The quantitative estimate of drug-likeness (QED) is 0.782. The molecular weight excluding hydrogens is 236 g/mol. The van der Waals surface area contributed by atoms with Gasteiger partial charge in [0.05, 0.1) is 0 Å². The number of aromatic nitrogens is 2. The highest BCUT2D eigenvalue weighted by molar-refractivity contribution is 6.29. The van der Waals surface area contributed by atoms with Crippen LogP contribution in [0, 0.1) is 13.8 Å². The molecule has 0 spiro atoms. The normalized spacial score (nSPS) is 10.3. The highest BCUT2D eigenvalue weighted by atomic mass is 35.5. The van der Waals surface area contributed by atoms with E-state index in [1.807, 2.05) is 38.1 Å². The first-order chi connectivity index (χ1) is 8.13. The number of nitrogens with zero attached hydrogens (tertiary/aromatic N) is 2. The van der Waals surface area contributed by atoms with Crippen molar-refractivity contribution < 1.29 is 4.74 Å². The van der Waals surface area contributed by atoms with E-state index >= 15 is 0 Å². The number of rotatable bonds is 3. The lowest BCUT2D eigenvalue weighted by Gasteiger charge is -2.06. The second-order valence-electron chi connectivity index (χ2n) is 3.85. The number of hydrogen-bond acceptors (Lipinski definition) is 3. The van der Waals surface area contributed by atoms with E-state index in [2.05, 4.69) is 9.97 Å². The van der Waals surface area contributed by atoms with Crippen molar-refractivity contribution >= 4 is 11.6 Å². The Labute approximate surface area is 105 Å². The molecule has 0 aliphatic rings. The summed E-state index contributed by atoms with van der Waals surface area (Å²) in [5.41, 5.74) is 2.04. The Morgan fingerprint density at radius 3 is 2.47 bits per heavy atom. The highest BCUT2D eigenvalue weighted by Gasteiger charge is 2.01. The van der Waals surface area contributed by atoms with Crippen LogP contribution in [-0.2, 0) is 6.61 Å². The van der Waals surface area contributed by atoms with Crippen molar-refractivity contribution in [3.05, 3.63) is 52.6 Å². The lowest BCUT2D eigenvalue weighted by Crippen LogP contribution is -2.02. The van der Waals surface area contributed by atoms with Gasteiger partial charge in [0.1, 0.15) is 17.5 Å². The third kappa shape index (κ3) is 3.43. The van der Waals surface area contributed by atoms with Crippen LogP contribution in [0.3, 0.4) is 0 Å². The van der Waals surface area contributed by atoms with E-state index < -0.39 is 0 Å². The summed E-state index contributed by atoms with van der Waals surface area (Å²) < 4.78 is 5.57. The van der Waals surface area contributed by atoms with Gasteiger partial charge in [-0.25, -0.2) is 9.97 Å². The second-order valence-corrected chi connectivity index (χ2v) is 4.24. The first-order valence-corrected chi connectivity index (χ1v) is 5.71. The summed E-state index contributed by atoms with van der Waals surface area (Å²) in [5.74, 6) is 1.40. The van der Waals surface area contributed by atoms with E-state index in [0.717, 1.165) is 11.4 Å². The predicted molar refractivity (Wildman–Crippen MR) is 67.3 cm³/mol. The molecule has 0 unspecified atom stereocenters. The molecule has 0 saturated carbocycles. The van der Waals surface area contributed by atoms with Crippen LogP contribution in [0.2, 0.25) is 5.15 Å². The molecule has 1 aromatic heterocycles. The summed E-state index contributed by atoms with van der Waals surface area (Å²) in [7, 11) is 0. The molecule has 0 aliphatic carbocycles. The van der Waals surface area contributed by atoms with Gasteiger partial charge in [0.2, 0.25) is 0 Å². The van der Waals surface area contributed by atoms with Crippen molar-refractivity contribution in [2.24, 2.45) is 0 Å². The minimum Gasteiger partial charge on any atom is -0.486 e. The van der Waals surface area contributed by atoms with E-state index in [9.17, 15) is 0 Å². The Balaban J connectivity index is 2.04. The molecule has 3 nitrogen and oxygen atoms in total. The summed E-state index contributed by atoms with van der Waals surface area (Å²) in [6.07, 6.45) is 0. The van der Waals surface area contributed by atoms with Gasteiger partial charge < -0.3 is 4.74 Å². The highest BCUT2D eigenvalue weighted by Crippen LogP contribution is 2.13. The monoisotopic (exact) mass is 248 g/mol. The van der Waals surface area contributed by atoms with Crippen LogP contribution in [-0.4, -0.2) is 9.97 Å². The standard InChI is InChI=1S/C13H13ClN2O/c1-9-3-5-11(6-4-9)17-8-13-15-10(2)7-12(14)16-13/h3-7H,8H2,1-2H3. The van der Waals surface area contributed by atoms with Crippen molar-refractivity contribution in [3.63, 3.8) is 0 Å². The summed E-state index contributed by atoms with van der Waals surface area (Å²) in [6.45, 7) is 4.24. The third-order valence-electron chi connectivity index (χ3n) is 2.26. The second kappa shape index (κ2) is 5.15. The SMILES string of the molecule is Cc1ccc(OCc2nc(C)cc(Cl)n2)cc1. The minimum absolute atomic E-state index is 0.324. The average Bonchev–Trinajstić information content (AvgIpc) is 2.27. The number of aryl methyl sites for hydroxylation is 2. The first-order valence-electron chi connectivity index (χ1n) is 5.33. The van der Waals surface area contributed by atoms with Gasteiger partial charge in [-0.2, -0.15) is 0 Å². The largest absolute Gasteiger partial charge is 0.486 e. The molecular formula is C13H13ClN2O. The molecule has 0 bridgehead atoms. The Hall–Kier alpha value is -1.61. The number of halogens is 1. The Bertz CT molecular complexity index is 491. The van der Waals surface area contributed by atoms with Gasteiger partial charge in [0, 0.05) is 5.69 Å². The lowest BCUT2D eigenvalue weighted by molar-refractivity contribution is 0.295. The molecule has 0 fully saturated rings. The van der Waals surface area contributed by atoms with Gasteiger partial charge in [-0.1, -0.05) is 29.3 Å². The fourth-order valence-electron chi connectivity index (χ4n) is 1.44. The molecule has 1 heterocycles. The zero-order valence-corrected chi connectivity index (χ0v) is 10.5. The Morgan fingerprint density at radius 2 is 1.82 bits per heavy atom. The molecule has 17 heavy (non-hydrogen) atoms. The fourth-order valence-corrected chi connectivity index (χ4v) is 1.69. The topological polar surface area (TPSA) is 35.0 Å². The van der Waals surface area contributed by atoms with Crippen LogP contribution in [0.5, 0.6) is 5.75 Å². The number of hydrogen-bond donors (Lipinski definition) is 0. The number of ether oxygens (including phenoxy) is 1. The van der Waals surface area contributed by atoms with Crippen molar-refractivity contribution in [3.8, 4) is 5.75 Å². The molecule has 2 aromatic rings.